The SMILES string of the molecule is O=C(CSc1nc2c(c(=O)[nH]1)CN(Cc1ccccc1)CC2)Nc1cccc(C(F)(F)F)c1. The van der Waals surface area contributed by atoms with Crippen molar-refractivity contribution in [2.75, 3.05) is 17.6 Å². The Morgan fingerprint density at radius 2 is 1.94 bits per heavy atom. The molecule has 1 aliphatic heterocycles. The number of carbonyl (C=O) groups excluding carboxylic acids is 1. The number of benzene rings is 2. The van der Waals surface area contributed by atoms with Crippen LogP contribution in [0.1, 0.15) is 22.4 Å². The second-order valence-corrected chi connectivity index (χ2v) is 8.62. The molecule has 0 fully saturated rings. The van der Waals surface area contributed by atoms with Crippen LogP contribution in [0.15, 0.2) is 64.5 Å². The van der Waals surface area contributed by atoms with Crippen LogP contribution in [0, 0.1) is 0 Å². The van der Waals surface area contributed by atoms with Crippen molar-refractivity contribution < 1.29 is 18.0 Å². The molecule has 2 aromatic carbocycles. The van der Waals surface area contributed by atoms with Gasteiger partial charge in [0.1, 0.15) is 0 Å². The number of amides is 1. The molecule has 0 radical (unpaired) electrons. The summed E-state index contributed by atoms with van der Waals surface area (Å²) in [4.78, 5) is 34.2. The van der Waals surface area contributed by atoms with E-state index in [1.54, 1.807) is 0 Å². The van der Waals surface area contributed by atoms with Gasteiger partial charge in [-0.05, 0) is 23.8 Å². The molecule has 1 aromatic heterocycles. The molecule has 2 heterocycles. The molecular formula is C23H21F3N4O2S. The fourth-order valence-corrected chi connectivity index (χ4v) is 4.29. The molecule has 6 nitrogen and oxygen atoms in total. The van der Waals surface area contributed by atoms with Crippen molar-refractivity contribution in [2.24, 2.45) is 0 Å². The van der Waals surface area contributed by atoms with Crippen LogP contribution >= 0.6 is 11.8 Å². The summed E-state index contributed by atoms with van der Waals surface area (Å²) in [5.41, 5.74) is 1.48. The quantitative estimate of drug-likeness (QED) is 0.416. The van der Waals surface area contributed by atoms with Gasteiger partial charge in [-0.15, -0.1) is 0 Å². The molecule has 0 spiro atoms. The molecule has 3 aromatic rings. The first-order valence-electron chi connectivity index (χ1n) is 10.3. The maximum absolute atomic E-state index is 12.8. The molecule has 2 N–H and O–H groups in total. The molecule has 10 heteroatoms. The highest BCUT2D eigenvalue weighted by Gasteiger charge is 2.30. The van der Waals surface area contributed by atoms with Crippen LogP contribution in [0.4, 0.5) is 18.9 Å². The summed E-state index contributed by atoms with van der Waals surface area (Å²) in [6.45, 7) is 2.00. The third-order valence-electron chi connectivity index (χ3n) is 5.19. The number of aromatic amines is 1. The minimum atomic E-state index is -4.49. The lowest BCUT2D eigenvalue weighted by atomic mass is 10.1. The highest BCUT2D eigenvalue weighted by Crippen LogP contribution is 2.30. The van der Waals surface area contributed by atoms with Gasteiger partial charge < -0.3 is 10.3 Å². The van der Waals surface area contributed by atoms with Crippen molar-refractivity contribution in [3.05, 3.63) is 87.3 Å². The predicted octanol–water partition coefficient (Wildman–Crippen LogP) is 4.08. The second-order valence-electron chi connectivity index (χ2n) is 7.66. The van der Waals surface area contributed by atoms with Crippen LogP contribution < -0.4 is 10.9 Å². The molecule has 0 saturated carbocycles. The Hall–Kier alpha value is -3.11. The Kier molecular flexibility index (Phi) is 6.85. The van der Waals surface area contributed by atoms with E-state index in [1.807, 2.05) is 30.3 Å². The summed E-state index contributed by atoms with van der Waals surface area (Å²) in [7, 11) is 0. The number of nitrogens with one attached hydrogen (secondary N) is 2. The molecule has 1 amide bonds. The van der Waals surface area contributed by atoms with Crippen LogP contribution in [0.25, 0.3) is 0 Å². The zero-order valence-electron chi connectivity index (χ0n) is 17.5. The minimum absolute atomic E-state index is 0.0563. The number of nitrogens with zero attached hydrogens (tertiary/aromatic N) is 2. The normalized spacial score (nSPS) is 14.0. The first kappa shape index (κ1) is 23.1. The number of halogens is 3. The molecule has 0 bridgehead atoms. The van der Waals surface area contributed by atoms with Gasteiger partial charge in [0.15, 0.2) is 5.16 Å². The van der Waals surface area contributed by atoms with E-state index in [0.717, 1.165) is 37.0 Å². The van der Waals surface area contributed by atoms with Crippen LogP contribution in [0.2, 0.25) is 0 Å². The van der Waals surface area contributed by atoms with Gasteiger partial charge in [0.05, 0.1) is 22.6 Å². The van der Waals surface area contributed by atoms with Crippen molar-refractivity contribution in [1.82, 2.24) is 14.9 Å². The van der Waals surface area contributed by atoms with Crippen molar-refractivity contribution in [3.8, 4) is 0 Å². The van der Waals surface area contributed by atoms with Crippen molar-refractivity contribution in [2.45, 2.75) is 30.8 Å². The highest BCUT2D eigenvalue weighted by molar-refractivity contribution is 7.99. The van der Waals surface area contributed by atoms with E-state index in [1.165, 1.54) is 17.7 Å². The Labute approximate surface area is 192 Å². The maximum atomic E-state index is 12.8. The fraction of sp³-hybridized carbons (Fsp3) is 0.261. The number of hydrogen-bond donors (Lipinski definition) is 2. The van der Waals surface area contributed by atoms with Gasteiger partial charge in [-0.2, -0.15) is 13.2 Å². The Balaban J connectivity index is 1.36. The number of anilines is 1. The summed E-state index contributed by atoms with van der Waals surface area (Å²) >= 11 is 1.03. The van der Waals surface area contributed by atoms with E-state index < -0.39 is 17.6 Å². The molecule has 4 rings (SSSR count). The van der Waals surface area contributed by atoms with E-state index >= 15 is 0 Å². The third kappa shape index (κ3) is 6.02. The average Bonchev–Trinajstić information content (AvgIpc) is 2.78. The summed E-state index contributed by atoms with van der Waals surface area (Å²) < 4.78 is 38.5. The molecule has 0 atom stereocenters. The van der Waals surface area contributed by atoms with Gasteiger partial charge in [0.25, 0.3) is 5.56 Å². The molecule has 0 saturated heterocycles. The smallest absolute Gasteiger partial charge is 0.325 e. The highest BCUT2D eigenvalue weighted by atomic mass is 32.2. The largest absolute Gasteiger partial charge is 0.416 e. The molecule has 0 unspecified atom stereocenters. The van der Waals surface area contributed by atoms with Gasteiger partial charge >= 0.3 is 6.18 Å². The number of rotatable bonds is 6. The lowest BCUT2D eigenvalue weighted by Gasteiger charge is -2.27. The first-order chi connectivity index (χ1) is 15.8. The number of thioether (sulfide) groups is 1. The van der Waals surface area contributed by atoms with Gasteiger partial charge in [-0.1, -0.05) is 48.2 Å². The number of H-pyrrole nitrogens is 1. The maximum Gasteiger partial charge on any atom is 0.416 e. The lowest BCUT2D eigenvalue weighted by Crippen LogP contribution is -2.35. The topological polar surface area (TPSA) is 78.1 Å². The van der Waals surface area contributed by atoms with E-state index in [9.17, 15) is 22.8 Å². The Morgan fingerprint density at radius 1 is 1.15 bits per heavy atom. The molecule has 172 valence electrons. The van der Waals surface area contributed by atoms with E-state index in [2.05, 4.69) is 20.2 Å². The van der Waals surface area contributed by atoms with Crippen molar-refractivity contribution in [1.29, 1.82) is 0 Å². The Morgan fingerprint density at radius 3 is 2.70 bits per heavy atom. The van der Waals surface area contributed by atoms with E-state index in [4.69, 9.17) is 0 Å². The van der Waals surface area contributed by atoms with E-state index in [-0.39, 0.29) is 17.0 Å². The number of carbonyl (C=O) groups is 1. The lowest BCUT2D eigenvalue weighted by molar-refractivity contribution is -0.137. The fourth-order valence-electron chi connectivity index (χ4n) is 3.61. The van der Waals surface area contributed by atoms with Gasteiger partial charge in [0.2, 0.25) is 5.91 Å². The minimum Gasteiger partial charge on any atom is -0.325 e. The number of fused-ring (bicyclic) bond motifs is 1. The van der Waals surface area contributed by atoms with Gasteiger partial charge in [-0.25, -0.2) is 4.98 Å². The Bertz CT molecular complexity index is 1200. The summed E-state index contributed by atoms with van der Waals surface area (Å²) in [6.07, 6.45) is -3.87. The molecular weight excluding hydrogens is 453 g/mol. The number of alkyl halides is 3. The molecule has 1 aliphatic rings. The monoisotopic (exact) mass is 474 g/mol. The summed E-state index contributed by atoms with van der Waals surface area (Å²) in [5.74, 6) is -0.591. The van der Waals surface area contributed by atoms with Crippen molar-refractivity contribution in [3.63, 3.8) is 0 Å². The summed E-state index contributed by atoms with van der Waals surface area (Å²) in [5, 5.41) is 2.76. The zero-order chi connectivity index (χ0) is 23.4. The van der Waals surface area contributed by atoms with Gasteiger partial charge in [-0.3, -0.25) is 14.5 Å². The zero-order valence-corrected chi connectivity index (χ0v) is 18.3. The van der Waals surface area contributed by atoms with Crippen LogP contribution in [-0.4, -0.2) is 33.1 Å². The number of aromatic nitrogens is 2. The van der Waals surface area contributed by atoms with E-state index in [0.29, 0.717) is 29.4 Å². The summed E-state index contributed by atoms with van der Waals surface area (Å²) in [6, 6.07) is 14.4. The predicted molar refractivity (Wildman–Crippen MR) is 120 cm³/mol. The number of hydrogen-bond acceptors (Lipinski definition) is 5. The second kappa shape index (κ2) is 9.80. The first-order valence-corrected chi connectivity index (χ1v) is 11.2. The third-order valence-corrected chi connectivity index (χ3v) is 6.06. The van der Waals surface area contributed by atoms with Gasteiger partial charge in [0, 0.05) is 31.7 Å². The molecule has 33 heavy (non-hydrogen) atoms. The average molecular weight is 475 g/mol. The van der Waals surface area contributed by atoms with Crippen molar-refractivity contribution >= 4 is 23.4 Å². The van der Waals surface area contributed by atoms with Crippen LogP contribution in [0.5, 0.6) is 0 Å². The van der Waals surface area contributed by atoms with Crippen LogP contribution in [0.3, 0.4) is 0 Å². The standard InChI is InChI=1S/C23H21F3N4O2S/c24-23(25,26)16-7-4-8-17(11-16)27-20(31)14-33-22-28-19-9-10-30(13-18(19)21(32)29-22)12-15-5-2-1-3-6-15/h1-8,11H,9-10,12-14H2,(H,27,31)(H,28,29,32). The van der Waals surface area contributed by atoms with Crippen LogP contribution in [-0.2, 0) is 30.5 Å². The molecule has 0 aliphatic carbocycles.